The summed E-state index contributed by atoms with van der Waals surface area (Å²) >= 11 is 0. The Morgan fingerprint density at radius 3 is 2.13 bits per heavy atom. The zero-order chi connectivity index (χ0) is 11.5. The van der Waals surface area contributed by atoms with Crippen LogP contribution in [0.3, 0.4) is 0 Å². The van der Waals surface area contributed by atoms with Gasteiger partial charge in [-0.15, -0.1) is 0 Å². The summed E-state index contributed by atoms with van der Waals surface area (Å²) in [6.45, 7) is 8.09. The van der Waals surface area contributed by atoms with Crippen LogP contribution in [0.4, 0.5) is 0 Å². The summed E-state index contributed by atoms with van der Waals surface area (Å²) in [5.74, 6) is -0.174. The molecular weight excluding hydrogens is 208 g/mol. The van der Waals surface area contributed by atoms with E-state index in [2.05, 4.69) is 19.6 Å². The van der Waals surface area contributed by atoms with Gasteiger partial charge in [0.1, 0.15) is 0 Å². The first-order chi connectivity index (χ1) is 6.90. The van der Waals surface area contributed by atoms with Crippen molar-refractivity contribution in [3.05, 3.63) is 12.2 Å². The van der Waals surface area contributed by atoms with Gasteiger partial charge in [-0.05, 0) is 6.04 Å². The lowest BCUT2D eigenvalue weighted by Gasteiger charge is -2.20. The molecule has 0 amide bonds. The van der Waals surface area contributed by atoms with E-state index in [4.69, 9.17) is 4.74 Å². The molecule has 0 spiro atoms. The molecule has 0 aromatic carbocycles. The van der Waals surface area contributed by atoms with E-state index < -0.39 is 20.3 Å². The van der Waals surface area contributed by atoms with E-state index in [1.807, 2.05) is 0 Å². The van der Waals surface area contributed by atoms with Crippen LogP contribution in [0.5, 0.6) is 0 Å². The molecule has 1 rings (SSSR count). The van der Waals surface area contributed by atoms with Gasteiger partial charge in [0, 0.05) is 20.6 Å². The molecule has 0 heterocycles. The van der Waals surface area contributed by atoms with Gasteiger partial charge in [-0.2, -0.15) is 0 Å². The fourth-order valence-electron chi connectivity index (χ4n) is 1.51. The maximum Gasteiger partial charge on any atom is 0.0800 e. The molecule has 0 aromatic heterocycles. The lowest BCUT2D eigenvalue weighted by molar-refractivity contribution is 0.0104. The Bertz CT molecular complexity index is 210. The van der Waals surface area contributed by atoms with Gasteiger partial charge in [-0.25, -0.2) is 0 Å². The summed E-state index contributed by atoms with van der Waals surface area (Å²) in [6, 6.07) is 1.12. The van der Waals surface area contributed by atoms with Gasteiger partial charge in [-0.1, -0.05) is 31.8 Å². The van der Waals surface area contributed by atoms with Gasteiger partial charge in [-0.3, -0.25) is 0 Å². The van der Waals surface area contributed by atoms with E-state index in [1.165, 1.54) is 0 Å². The van der Waals surface area contributed by atoms with Crippen LogP contribution in [0.2, 0.25) is 25.7 Å². The first-order valence-corrected chi connectivity index (χ1v) is 9.23. The van der Waals surface area contributed by atoms with E-state index in [0.717, 1.165) is 12.7 Å². The number of aliphatic hydroxyl groups is 2. The minimum absolute atomic E-state index is 0.174. The molecule has 0 saturated carbocycles. The van der Waals surface area contributed by atoms with E-state index in [9.17, 15) is 10.2 Å². The molecule has 1 aliphatic rings. The van der Waals surface area contributed by atoms with Gasteiger partial charge >= 0.3 is 0 Å². The third kappa shape index (κ3) is 4.47. The van der Waals surface area contributed by atoms with Crippen molar-refractivity contribution >= 4 is 8.07 Å². The molecule has 1 aliphatic carbocycles. The van der Waals surface area contributed by atoms with E-state index >= 15 is 0 Å². The number of ether oxygens (including phenoxy) is 1. The molecule has 0 bridgehead atoms. The summed E-state index contributed by atoms with van der Waals surface area (Å²) < 4.78 is 5.51. The fourth-order valence-corrected chi connectivity index (χ4v) is 2.27. The second-order valence-electron chi connectivity index (χ2n) is 5.42. The molecule has 3 atom stereocenters. The predicted molar refractivity (Wildman–Crippen MR) is 63.6 cm³/mol. The second-order valence-corrected chi connectivity index (χ2v) is 11.0. The summed E-state index contributed by atoms with van der Waals surface area (Å²) in [5, 5.41) is 19.0. The normalized spacial score (nSPS) is 31.1. The van der Waals surface area contributed by atoms with Gasteiger partial charge in [0.25, 0.3) is 0 Å². The van der Waals surface area contributed by atoms with Crippen LogP contribution in [-0.2, 0) is 4.74 Å². The Labute approximate surface area is 92.8 Å². The van der Waals surface area contributed by atoms with Crippen molar-refractivity contribution < 1.29 is 14.9 Å². The summed E-state index contributed by atoms with van der Waals surface area (Å²) in [7, 11) is -1.03. The molecule has 0 radical (unpaired) electrons. The van der Waals surface area contributed by atoms with Crippen LogP contribution < -0.4 is 0 Å². The minimum atomic E-state index is -1.03. The highest BCUT2D eigenvalue weighted by Crippen LogP contribution is 2.20. The molecule has 0 aromatic rings. The van der Waals surface area contributed by atoms with E-state index in [-0.39, 0.29) is 5.92 Å². The number of aliphatic hydroxyl groups excluding tert-OH is 2. The van der Waals surface area contributed by atoms with Gasteiger partial charge in [0.05, 0.1) is 18.8 Å². The molecule has 2 N–H and O–H groups in total. The highest BCUT2D eigenvalue weighted by atomic mass is 28.3. The summed E-state index contributed by atoms with van der Waals surface area (Å²) in [4.78, 5) is 0. The quantitative estimate of drug-likeness (QED) is 0.424. The average Bonchev–Trinajstić information content (AvgIpc) is 2.40. The molecule has 3 nitrogen and oxygen atoms in total. The van der Waals surface area contributed by atoms with Gasteiger partial charge in [0.15, 0.2) is 0 Å². The maximum atomic E-state index is 9.50. The van der Waals surface area contributed by atoms with Crippen molar-refractivity contribution in [3.63, 3.8) is 0 Å². The van der Waals surface area contributed by atoms with Gasteiger partial charge < -0.3 is 14.9 Å². The molecule has 4 heteroatoms. The largest absolute Gasteiger partial charge is 0.389 e. The van der Waals surface area contributed by atoms with Crippen molar-refractivity contribution in [1.29, 1.82) is 0 Å². The van der Waals surface area contributed by atoms with Crippen LogP contribution in [0, 0.1) is 5.92 Å². The molecule has 1 unspecified atom stereocenters. The number of hydrogen-bond donors (Lipinski definition) is 2. The first kappa shape index (κ1) is 12.9. The van der Waals surface area contributed by atoms with Crippen LogP contribution >= 0.6 is 0 Å². The minimum Gasteiger partial charge on any atom is -0.389 e. The van der Waals surface area contributed by atoms with Crippen molar-refractivity contribution in [2.24, 2.45) is 5.92 Å². The monoisotopic (exact) mass is 230 g/mol. The number of rotatable bonds is 5. The first-order valence-electron chi connectivity index (χ1n) is 5.52. The molecule has 0 fully saturated rings. The highest BCUT2D eigenvalue weighted by molar-refractivity contribution is 6.76. The number of hydrogen-bond acceptors (Lipinski definition) is 3. The van der Waals surface area contributed by atoms with E-state index in [0.29, 0.717) is 6.61 Å². The molecular formula is C11H22O3Si. The third-order valence-electron chi connectivity index (χ3n) is 2.69. The zero-order valence-electron chi connectivity index (χ0n) is 9.81. The van der Waals surface area contributed by atoms with Crippen molar-refractivity contribution in [2.75, 3.05) is 13.2 Å². The molecule has 0 saturated heterocycles. The zero-order valence-corrected chi connectivity index (χ0v) is 10.8. The lowest BCUT2D eigenvalue weighted by Crippen LogP contribution is -2.29. The SMILES string of the molecule is C[Si](C)(C)CCOCC1[C@H](O)C=C[C@@H]1O. The molecule has 15 heavy (non-hydrogen) atoms. The Kier molecular flexibility index (Phi) is 4.52. The smallest absolute Gasteiger partial charge is 0.0800 e. The predicted octanol–water partition coefficient (Wildman–Crippen LogP) is 1.25. The van der Waals surface area contributed by atoms with Crippen molar-refractivity contribution in [2.45, 2.75) is 37.9 Å². The van der Waals surface area contributed by atoms with Crippen molar-refractivity contribution in [1.82, 2.24) is 0 Å². The standard InChI is InChI=1S/C11H22O3Si/c1-15(2,3)7-6-14-8-9-10(12)4-5-11(9)13/h4-5,9-13H,6-8H2,1-3H3/t9?,10-,11+. The Morgan fingerprint density at radius 2 is 1.67 bits per heavy atom. The summed E-state index contributed by atoms with van der Waals surface area (Å²) in [5.41, 5.74) is 0. The second kappa shape index (κ2) is 5.25. The Balaban J connectivity index is 2.16. The van der Waals surface area contributed by atoms with E-state index in [1.54, 1.807) is 12.2 Å². The Morgan fingerprint density at radius 1 is 1.13 bits per heavy atom. The van der Waals surface area contributed by atoms with Gasteiger partial charge in [0.2, 0.25) is 0 Å². The van der Waals surface area contributed by atoms with Crippen LogP contribution in [0.1, 0.15) is 0 Å². The lowest BCUT2D eigenvalue weighted by atomic mass is 10.0. The fraction of sp³-hybridized carbons (Fsp3) is 0.818. The maximum absolute atomic E-state index is 9.50. The third-order valence-corrected chi connectivity index (χ3v) is 4.39. The van der Waals surface area contributed by atoms with Crippen LogP contribution in [0.25, 0.3) is 0 Å². The molecule has 0 aliphatic heterocycles. The molecule has 88 valence electrons. The van der Waals surface area contributed by atoms with Crippen LogP contribution in [-0.4, -0.2) is 43.7 Å². The average molecular weight is 230 g/mol. The topological polar surface area (TPSA) is 49.7 Å². The van der Waals surface area contributed by atoms with Crippen molar-refractivity contribution in [3.8, 4) is 0 Å². The Hall–Kier alpha value is -0.163. The highest BCUT2D eigenvalue weighted by Gasteiger charge is 2.28. The van der Waals surface area contributed by atoms with Crippen LogP contribution in [0.15, 0.2) is 12.2 Å². The summed E-state index contributed by atoms with van der Waals surface area (Å²) in [6.07, 6.45) is 2.17.